The van der Waals surface area contributed by atoms with E-state index in [4.69, 9.17) is 21.1 Å². The summed E-state index contributed by atoms with van der Waals surface area (Å²) in [6.45, 7) is 4.91. The number of carbonyl (C=O) groups excluding carboxylic acids is 1. The molecule has 3 rings (SSSR count). The summed E-state index contributed by atoms with van der Waals surface area (Å²) in [5, 5.41) is 0.651. The lowest BCUT2D eigenvalue weighted by Gasteiger charge is -2.39. The van der Waals surface area contributed by atoms with Gasteiger partial charge < -0.3 is 14.4 Å². The van der Waals surface area contributed by atoms with Gasteiger partial charge in [0.1, 0.15) is 5.75 Å². The summed E-state index contributed by atoms with van der Waals surface area (Å²) in [5.41, 5.74) is -0.897. The lowest BCUT2D eigenvalue weighted by molar-refractivity contribution is -0.155. The Kier molecular flexibility index (Phi) is 3.84. The highest BCUT2D eigenvalue weighted by Crippen LogP contribution is 2.32. The molecule has 0 saturated carbocycles. The van der Waals surface area contributed by atoms with Gasteiger partial charge in [0.25, 0.3) is 5.91 Å². The van der Waals surface area contributed by atoms with E-state index >= 15 is 0 Å². The number of halogens is 1. The Labute approximate surface area is 130 Å². The molecule has 1 amide bonds. The normalized spacial score (nSPS) is 25.0. The molecule has 5 heteroatoms. The van der Waals surface area contributed by atoms with Crippen LogP contribution in [0.3, 0.4) is 0 Å². The van der Waals surface area contributed by atoms with Gasteiger partial charge in [0, 0.05) is 5.02 Å². The zero-order valence-electron chi connectivity index (χ0n) is 12.3. The van der Waals surface area contributed by atoms with Crippen LogP contribution < -0.4 is 4.74 Å². The second kappa shape index (κ2) is 5.50. The molecule has 0 radical (unpaired) electrons. The summed E-state index contributed by atoms with van der Waals surface area (Å²) in [4.78, 5) is 14.8. The van der Waals surface area contributed by atoms with Gasteiger partial charge in [-0.15, -0.1) is 0 Å². The fourth-order valence-electron chi connectivity index (χ4n) is 3.11. The van der Waals surface area contributed by atoms with Crippen LogP contribution in [0.5, 0.6) is 5.75 Å². The summed E-state index contributed by atoms with van der Waals surface area (Å²) >= 11 is 5.87. The fourth-order valence-corrected chi connectivity index (χ4v) is 3.24. The van der Waals surface area contributed by atoms with Gasteiger partial charge in [-0.05, 0) is 51.0 Å². The van der Waals surface area contributed by atoms with Crippen LogP contribution in [0.2, 0.25) is 5.02 Å². The minimum atomic E-state index is -0.897. The number of hydrogen-bond donors (Lipinski definition) is 0. The number of benzene rings is 1. The molecule has 21 heavy (non-hydrogen) atoms. The molecule has 114 valence electrons. The van der Waals surface area contributed by atoms with E-state index in [0.717, 1.165) is 12.8 Å². The van der Waals surface area contributed by atoms with E-state index in [2.05, 4.69) is 0 Å². The minimum absolute atomic E-state index is 0.0354. The van der Waals surface area contributed by atoms with Crippen molar-refractivity contribution >= 4 is 17.5 Å². The molecule has 0 N–H and O–H groups in total. The van der Waals surface area contributed by atoms with E-state index in [-0.39, 0.29) is 18.0 Å². The maximum atomic E-state index is 12.9. The van der Waals surface area contributed by atoms with Crippen LogP contribution in [-0.4, -0.2) is 41.7 Å². The molecule has 2 heterocycles. The first kappa shape index (κ1) is 14.7. The molecule has 2 atom stereocenters. The predicted octanol–water partition coefficient (Wildman–Crippen LogP) is 2.89. The number of fused-ring (bicyclic) bond motifs is 2. The Hall–Kier alpha value is -1.26. The maximum Gasteiger partial charge on any atom is 0.266 e. The van der Waals surface area contributed by atoms with Crippen LogP contribution in [0.1, 0.15) is 26.7 Å². The highest BCUT2D eigenvalue weighted by atomic mass is 35.5. The smallest absolute Gasteiger partial charge is 0.266 e. The van der Waals surface area contributed by atoms with Gasteiger partial charge in [0.05, 0.1) is 25.3 Å². The molecule has 2 aliphatic rings. The fraction of sp³-hybridized carbons (Fsp3) is 0.562. The van der Waals surface area contributed by atoms with E-state index in [1.54, 1.807) is 24.3 Å². The van der Waals surface area contributed by atoms with Crippen molar-refractivity contribution < 1.29 is 14.3 Å². The molecule has 2 saturated heterocycles. The maximum absolute atomic E-state index is 12.9. The van der Waals surface area contributed by atoms with Crippen LogP contribution in [0, 0.1) is 0 Å². The van der Waals surface area contributed by atoms with E-state index < -0.39 is 5.60 Å². The van der Waals surface area contributed by atoms with Crippen molar-refractivity contribution in [3.63, 3.8) is 0 Å². The van der Waals surface area contributed by atoms with Gasteiger partial charge in [0.2, 0.25) is 0 Å². The van der Waals surface area contributed by atoms with E-state index in [1.807, 2.05) is 18.7 Å². The van der Waals surface area contributed by atoms with Gasteiger partial charge in [-0.2, -0.15) is 0 Å². The Morgan fingerprint density at radius 1 is 1.24 bits per heavy atom. The van der Waals surface area contributed by atoms with Crippen LogP contribution in [0.25, 0.3) is 0 Å². The molecule has 2 bridgehead atoms. The van der Waals surface area contributed by atoms with Gasteiger partial charge in [-0.1, -0.05) is 11.6 Å². The summed E-state index contributed by atoms with van der Waals surface area (Å²) in [6, 6.07) is 7.48. The third-order valence-corrected chi connectivity index (χ3v) is 4.43. The molecule has 2 fully saturated rings. The van der Waals surface area contributed by atoms with E-state index in [9.17, 15) is 4.79 Å². The number of hydrogen-bond acceptors (Lipinski definition) is 3. The van der Waals surface area contributed by atoms with Crippen molar-refractivity contribution in [3.05, 3.63) is 29.3 Å². The molecule has 0 unspecified atom stereocenters. The number of amides is 1. The predicted molar refractivity (Wildman–Crippen MR) is 80.6 cm³/mol. The number of rotatable bonds is 3. The van der Waals surface area contributed by atoms with Crippen LogP contribution in [0.15, 0.2) is 24.3 Å². The molecule has 1 aromatic carbocycles. The highest BCUT2D eigenvalue weighted by Gasteiger charge is 2.46. The standard InChI is InChI=1S/C16H20ClNO3/c1-16(2,21-14-7-3-11(17)4-8-14)15(19)18-12-5-6-13(18)10-20-9-12/h3-4,7-8,12-13H,5-6,9-10H2,1-2H3/t12-,13+. The lowest BCUT2D eigenvalue weighted by Crippen LogP contribution is -2.57. The number of carbonyl (C=O) groups is 1. The van der Waals surface area contributed by atoms with E-state index in [0.29, 0.717) is 24.0 Å². The van der Waals surface area contributed by atoms with Crippen molar-refractivity contribution in [2.24, 2.45) is 0 Å². The van der Waals surface area contributed by atoms with Crippen LogP contribution >= 0.6 is 11.6 Å². The summed E-state index contributed by atoms with van der Waals surface area (Å²) in [7, 11) is 0. The number of ether oxygens (including phenoxy) is 2. The van der Waals surface area contributed by atoms with Gasteiger partial charge in [-0.25, -0.2) is 0 Å². The Morgan fingerprint density at radius 2 is 1.81 bits per heavy atom. The zero-order chi connectivity index (χ0) is 15.0. The molecular weight excluding hydrogens is 290 g/mol. The Balaban J connectivity index is 1.74. The van der Waals surface area contributed by atoms with Gasteiger partial charge in [-0.3, -0.25) is 4.79 Å². The van der Waals surface area contributed by atoms with Crippen molar-refractivity contribution in [1.82, 2.24) is 4.90 Å². The minimum Gasteiger partial charge on any atom is -0.478 e. The molecule has 0 spiro atoms. The molecular formula is C16H20ClNO3. The highest BCUT2D eigenvalue weighted by molar-refractivity contribution is 6.30. The number of nitrogens with zero attached hydrogens (tertiary/aromatic N) is 1. The van der Waals surface area contributed by atoms with Crippen molar-refractivity contribution in [3.8, 4) is 5.75 Å². The second-order valence-electron chi connectivity index (χ2n) is 6.20. The van der Waals surface area contributed by atoms with E-state index in [1.165, 1.54) is 0 Å². The third kappa shape index (κ3) is 2.87. The summed E-state index contributed by atoms with van der Waals surface area (Å²) in [6.07, 6.45) is 2.04. The average Bonchev–Trinajstić information content (AvgIpc) is 2.69. The first-order valence-corrected chi connectivity index (χ1v) is 7.70. The lowest BCUT2D eigenvalue weighted by atomic mass is 10.1. The molecule has 0 aromatic heterocycles. The van der Waals surface area contributed by atoms with Gasteiger partial charge in [0.15, 0.2) is 5.60 Å². The first-order valence-electron chi connectivity index (χ1n) is 7.32. The second-order valence-corrected chi connectivity index (χ2v) is 6.64. The zero-order valence-corrected chi connectivity index (χ0v) is 13.1. The van der Waals surface area contributed by atoms with Crippen molar-refractivity contribution in [2.75, 3.05) is 13.2 Å². The van der Waals surface area contributed by atoms with Crippen molar-refractivity contribution in [2.45, 2.75) is 44.4 Å². The number of morpholine rings is 1. The van der Waals surface area contributed by atoms with Crippen LogP contribution in [0.4, 0.5) is 0 Å². The molecule has 1 aromatic rings. The summed E-state index contributed by atoms with van der Waals surface area (Å²) in [5.74, 6) is 0.687. The molecule has 4 nitrogen and oxygen atoms in total. The van der Waals surface area contributed by atoms with Crippen LogP contribution in [-0.2, 0) is 9.53 Å². The monoisotopic (exact) mass is 309 g/mol. The average molecular weight is 310 g/mol. The first-order chi connectivity index (χ1) is 9.97. The Morgan fingerprint density at radius 3 is 2.38 bits per heavy atom. The van der Waals surface area contributed by atoms with Gasteiger partial charge >= 0.3 is 0 Å². The molecule has 0 aliphatic carbocycles. The topological polar surface area (TPSA) is 38.8 Å². The van der Waals surface area contributed by atoms with Crippen molar-refractivity contribution in [1.29, 1.82) is 0 Å². The quantitative estimate of drug-likeness (QED) is 0.862. The largest absolute Gasteiger partial charge is 0.478 e. The third-order valence-electron chi connectivity index (χ3n) is 4.18. The Bertz CT molecular complexity index is 513. The molecule has 2 aliphatic heterocycles. The summed E-state index contributed by atoms with van der Waals surface area (Å²) < 4.78 is 11.4. The SMILES string of the molecule is CC(C)(Oc1ccc(Cl)cc1)C(=O)N1[C@@H]2CC[C@H]1COC2.